The summed E-state index contributed by atoms with van der Waals surface area (Å²) >= 11 is 0. The largest absolute Gasteiger partial charge is 0.481 e. The van der Waals surface area contributed by atoms with E-state index in [0.29, 0.717) is 18.9 Å². The molecule has 78 valence electrons. The molecular formula is C10H16N2O2. The lowest BCUT2D eigenvalue weighted by atomic mass is 10.2. The Kier molecular flexibility index (Phi) is 4.41. The first kappa shape index (κ1) is 11.0. The molecule has 14 heavy (non-hydrogen) atoms. The van der Waals surface area contributed by atoms with E-state index in [2.05, 4.69) is 11.0 Å². The summed E-state index contributed by atoms with van der Waals surface area (Å²) in [4.78, 5) is 12.6. The van der Waals surface area contributed by atoms with E-state index in [1.165, 1.54) is 12.8 Å². The van der Waals surface area contributed by atoms with Crippen LogP contribution in [0.2, 0.25) is 0 Å². The molecule has 0 aromatic heterocycles. The zero-order valence-electron chi connectivity index (χ0n) is 8.28. The van der Waals surface area contributed by atoms with Crippen LogP contribution >= 0.6 is 0 Å². The summed E-state index contributed by atoms with van der Waals surface area (Å²) in [6.07, 6.45) is 3.88. The Morgan fingerprint density at radius 3 is 2.71 bits per heavy atom. The van der Waals surface area contributed by atoms with E-state index in [0.717, 1.165) is 13.1 Å². The lowest BCUT2D eigenvalue weighted by Crippen LogP contribution is -2.28. The summed E-state index contributed by atoms with van der Waals surface area (Å²) in [5.74, 6) is -0.735. The zero-order valence-corrected chi connectivity index (χ0v) is 8.28. The molecule has 0 aliphatic heterocycles. The van der Waals surface area contributed by atoms with Gasteiger partial charge in [-0.05, 0) is 25.8 Å². The van der Waals surface area contributed by atoms with Crippen molar-refractivity contribution >= 4 is 5.97 Å². The first-order valence-corrected chi connectivity index (χ1v) is 5.07. The van der Waals surface area contributed by atoms with Crippen LogP contribution in [-0.2, 0) is 4.79 Å². The molecule has 0 radical (unpaired) electrons. The summed E-state index contributed by atoms with van der Waals surface area (Å²) in [7, 11) is 0. The van der Waals surface area contributed by atoms with Crippen LogP contribution in [0.25, 0.3) is 0 Å². The predicted octanol–water partition coefficient (Wildman–Crippen LogP) is 1.23. The topological polar surface area (TPSA) is 64.3 Å². The molecule has 1 aliphatic rings. The third-order valence-electron chi connectivity index (χ3n) is 2.41. The maximum absolute atomic E-state index is 10.3. The summed E-state index contributed by atoms with van der Waals surface area (Å²) in [5.41, 5.74) is 0. The molecule has 0 unspecified atom stereocenters. The lowest BCUT2D eigenvalue weighted by molar-refractivity contribution is -0.137. The molecule has 4 heteroatoms. The van der Waals surface area contributed by atoms with Crippen molar-refractivity contribution in [3.05, 3.63) is 0 Å². The van der Waals surface area contributed by atoms with Crippen LogP contribution in [0.5, 0.6) is 0 Å². The quantitative estimate of drug-likeness (QED) is 0.665. The third kappa shape index (κ3) is 4.24. The monoisotopic (exact) mass is 196 g/mol. The number of carbonyl (C=O) groups is 1. The number of aliphatic carboxylic acids is 1. The van der Waals surface area contributed by atoms with Crippen LogP contribution in [0, 0.1) is 11.3 Å². The fourth-order valence-corrected chi connectivity index (χ4v) is 1.54. The maximum Gasteiger partial charge on any atom is 0.303 e. The van der Waals surface area contributed by atoms with Crippen molar-refractivity contribution in [2.75, 3.05) is 13.1 Å². The number of nitriles is 1. The summed E-state index contributed by atoms with van der Waals surface area (Å²) in [6.45, 7) is 1.61. The van der Waals surface area contributed by atoms with Crippen LogP contribution in [0.15, 0.2) is 0 Å². The Bertz CT molecular complexity index is 231. The number of rotatable bonds is 7. The molecule has 0 bridgehead atoms. The van der Waals surface area contributed by atoms with Crippen molar-refractivity contribution in [2.45, 2.75) is 38.1 Å². The molecule has 0 aromatic rings. The maximum atomic E-state index is 10.3. The number of hydrogen-bond donors (Lipinski definition) is 1. The van der Waals surface area contributed by atoms with Crippen molar-refractivity contribution in [3.63, 3.8) is 0 Å². The Hall–Kier alpha value is -1.08. The predicted molar refractivity (Wildman–Crippen MR) is 51.7 cm³/mol. The fraction of sp³-hybridized carbons (Fsp3) is 0.800. The molecule has 0 saturated heterocycles. The molecule has 0 amide bonds. The van der Waals surface area contributed by atoms with Crippen LogP contribution in [0.1, 0.15) is 32.1 Å². The van der Waals surface area contributed by atoms with E-state index >= 15 is 0 Å². The van der Waals surface area contributed by atoms with Gasteiger partial charge in [0, 0.05) is 25.4 Å². The van der Waals surface area contributed by atoms with E-state index in [4.69, 9.17) is 10.4 Å². The summed E-state index contributed by atoms with van der Waals surface area (Å²) < 4.78 is 0. The van der Waals surface area contributed by atoms with E-state index in [1.807, 2.05) is 0 Å². The molecule has 1 saturated carbocycles. The van der Waals surface area contributed by atoms with Gasteiger partial charge in [-0.15, -0.1) is 0 Å². The molecule has 0 heterocycles. The SMILES string of the molecule is N#CCCN(CCCC(=O)O)C1CC1. The van der Waals surface area contributed by atoms with Gasteiger partial charge in [0.15, 0.2) is 0 Å². The van der Waals surface area contributed by atoms with Crippen LogP contribution in [-0.4, -0.2) is 35.1 Å². The van der Waals surface area contributed by atoms with Crippen LogP contribution in [0.3, 0.4) is 0 Å². The number of nitrogens with zero attached hydrogens (tertiary/aromatic N) is 2. The second-order valence-electron chi connectivity index (χ2n) is 3.67. The van der Waals surface area contributed by atoms with Crippen molar-refractivity contribution in [1.29, 1.82) is 5.26 Å². The minimum atomic E-state index is -0.735. The standard InChI is InChI=1S/C10H16N2O2/c11-6-2-8-12(9-4-5-9)7-1-3-10(13)14/h9H,1-5,7-8H2,(H,13,14). The van der Waals surface area contributed by atoms with E-state index in [9.17, 15) is 4.79 Å². The van der Waals surface area contributed by atoms with E-state index in [1.54, 1.807) is 0 Å². The highest BCUT2D eigenvalue weighted by molar-refractivity contribution is 5.66. The molecular weight excluding hydrogens is 180 g/mol. The molecule has 1 fully saturated rings. The van der Waals surface area contributed by atoms with Crippen molar-refractivity contribution < 1.29 is 9.90 Å². The molecule has 0 spiro atoms. The average Bonchev–Trinajstić information content (AvgIpc) is 2.93. The highest BCUT2D eigenvalue weighted by atomic mass is 16.4. The number of hydrogen-bond acceptors (Lipinski definition) is 3. The normalized spacial score (nSPS) is 15.4. The fourth-order valence-electron chi connectivity index (χ4n) is 1.54. The first-order valence-electron chi connectivity index (χ1n) is 5.07. The zero-order chi connectivity index (χ0) is 10.4. The Balaban J connectivity index is 2.15. The highest BCUT2D eigenvalue weighted by Crippen LogP contribution is 2.26. The smallest absolute Gasteiger partial charge is 0.303 e. The van der Waals surface area contributed by atoms with Gasteiger partial charge < -0.3 is 5.11 Å². The highest BCUT2D eigenvalue weighted by Gasteiger charge is 2.27. The van der Waals surface area contributed by atoms with Crippen molar-refractivity contribution in [1.82, 2.24) is 4.90 Å². The minimum absolute atomic E-state index is 0.232. The molecule has 1 N–H and O–H groups in total. The van der Waals surface area contributed by atoms with Gasteiger partial charge in [0.2, 0.25) is 0 Å². The molecule has 1 aliphatic carbocycles. The number of carboxylic acid groups (broad SMARTS) is 1. The summed E-state index contributed by atoms with van der Waals surface area (Å²) in [6, 6.07) is 2.74. The summed E-state index contributed by atoms with van der Waals surface area (Å²) in [5, 5.41) is 16.9. The second-order valence-corrected chi connectivity index (χ2v) is 3.67. The Morgan fingerprint density at radius 1 is 1.50 bits per heavy atom. The van der Waals surface area contributed by atoms with Crippen molar-refractivity contribution in [2.24, 2.45) is 0 Å². The van der Waals surface area contributed by atoms with Gasteiger partial charge in [-0.3, -0.25) is 9.69 Å². The Labute approximate surface area is 84.1 Å². The number of carboxylic acids is 1. The van der Waals surface area contributed by atoms with E-state index < -0.39 is 5.97 Å². The minimum Gasteiger partial charge on any atom is -0.481 e. The van der Waals surface area contributed by atoms with Gasteiger partial charge in [-0.1, -0.05) is 0 Å². The second kappa shape index (κ2) is 5.61. The van der Waals surface area contributed by atoms with Gasteiger partial charge in [0.1, 0.15) is 0 Å². The van der Waals surface area contributed by atoms with Gasteiger partial charge in [-0.25, -0.2) is 0 Å². The van der Waals surface area contributed by atoms with Crippen molar-refractivity contribution in [3.8, 4) is 6.07 Å². The van der Waals surface area contributed by atoms with Crippen LogP contribution < -0.4 is 0 Å². The van der Waals surface area contributed by atoms with E-state index in [-0.39, 0.29) is 6.42 Å². The van der Waals surface area contributed by atoms with Gasteiger partial charge in [0.05, 0.1) is 6.07 Å². The molecule has 0 aromatic carbocycles. The lowest BCUT2D eigenvalue weighted by Gasteiger charge is -2.19. The third-order valence-corrected chi connectivity index (χ3v) is 2.41. The molecule has 0 atom stereocenters. The molecule has 1 rings (SSSR count). The van der Waals surface area contributed by atoms with Crippen LogP contribution in [0.4, 0.5) is 0 Å². The average molecular weight is 196 g/mol. The first-order chi connectivity index (χ1) is 6.74. The van der Waals surface area contributed by atoms with Gasteiger partial charge >= 0.3 is 5.97 Å². The van der Waals surface area contributed by atoms with Gasteiger partial charge in [0.25, 0.3) is 0 Å². The van der Waals surface area contributed by atoms with Gasteiger partial charge in [-0.2, -0.15) is 5.26 Å². The molecule has 4 nitrogen and oxygen atoms in total. The Morgan fingerprint density at radius 2 is 2.21 bits per heavy atom.